The van der Waals surface area contributed by atoms with E-state index < -0.39 is 12.2 Å². The summed E-state index contributed by atoms with van der Waals surface area (Å²) in [5.74, 6) is -0.575. The largest absolute Gasteiger partial charge is 0.574 e. The maximum atomic E-state index is 11.9. The molecule has 1 aromatic rings. The van der Waals surface area contributed by atoms with Gasteiger partial charge in [0.15, 0.2) is 0 Å². The molecular formula is C7HBrF3IN2O. The molecule has 3 nitrogen and oxygen atoms in total. The summed E-state index contributed by atoms with van der Waals surface area (Å²) in [4.78, 5) is 3.39. The van der Waals surface area contributed by atoms with Gasteiger partial charge in [-0.1, -0.05) is 0 Å². The molecule has 15 heavy (non-hydrogen) atoms. The summed E-state index contributed by atoms with van der Waals surface area (Å²) in [5.41, 5.74) is 0.147. The zero-order valence-corrected chi connectivity index (χ0v) is 10.5. The molecule has 80 valence electrons. The Labute approximate surface area is 105 Å². The third-order valence-electron chi connectivity index (χ3n) is 1.26. The molecule has 0 bridgehead atoms. The van der Waals surface area contributed by atoms with Gasteiger partial charge in [-0.05, 0) is 38.5 Å². The molecule has 0 aliphatic carbocycles. The maximum Gasteiger partial charge on any atom is 0.574 e. The van der Waals surface area contributed by atoms with Gasteiger partial charge in [0.25, 0.3) is 0 Å². The van der Waals surface area contributed by atoms with Crippen molar-refractivity contribution in [3.8, 4) is 11.9 Å². The van der Waals surface area contributed by atoms with Crippen molar-refractivity contribution in [2.24, 2.45) is 0 Å². The molecule has 8 heteroatoms. The van der Waals surface area contributed by atoms with E-state index in [-0.39, 0.29) is 13.6 Å². The second kappa shape index (κ2) is 4.52. The molecule has 0 unspecified atom stereocenters. The van der Waals surface area contributed by atoms with E-state index in [1.807, 2.05) is 0 Å². The van der Waals surface area contributed by atoms with Crippen LogP contribution < -0.4 is 4.74 Å². The Hall–Kier alpha value is -0.560. The lowest BCUT2D eigenvalue weighted by Crippen LogP contribution is -2.18. The number of alkyl halides is 3. The van der Waals surface area contributed by atoms with Crippen LogP contribution >= 0.6 is 38.5 Å². The highest BCUT2D eigenvalue weighted by atomic mass is 127. The molecule has 0 saturated carbocycles. The molecule has 0 aliphatic heterocycles. The lowest BCUT2D eigenvalue weighted by molar-refractivity contribution is -0.276. The zero-order valence-electron chi connectivity index (χ0n) is 6.77. The highest BCUT2D eigenvalue weighted by molar-refractivity contribution is 14.1. The van der Waals surface area contributed by atoms with E-state index in [2.05, 4.69) is 25.7 Å². The molecule has 0 spiro atoms. The lowest BCUT2D eigenvalue weighted by Gasteiger charge is -2.10. The second-order valence-corrected chi connectivity index (χ2v) is 4.14. The van der Waals surface area contributed by atoms with Gasteiger partial charge >= 0.3 is 6.36 Å². The van der Waals surface area contributed by atoms with Crippen LogP contribution in [0.4, 0.5) is 13.2 Å². The molecular weight excluding hydrogens is 392 g/mol. The van der Waals surface area contributed by atoms with Gasteiger partial charge in [-0.25, -0.2) is 4.98 Å². The Kier molecular flexibility index (Phi) is 3.77. The fourth-order valence-corrected chi connectivity index (χ4v) is 1.61. The summed E-state index contributed by atoms with van der Waals surface area (Å²) in [6.07, 6.45) is -3.78. The Bertz CT molecular complexity index is 429. The minimum Gasteiger partial charge on any atom is -0.387 e. The van der Waals surface area contributed by atoms with Gasteiger partial charge in [0.1, 0.15) is 6.07 Å². The van der Waals surface area contributed by atoms with Gasteiger partial charge in [-0.2, -0.15) is 5.26 Å². The Morgan fingerprint density at radius 3 is 2.60 bits per heavy atom. The third-order valence-corrected chi connectivity index (χ3v) is 3.83. The van der Waals surface area contributed by atoms with Crippen LogP contribution in [0.3, 0.4) is 0 Å². The van der Waals surface area contributed by atoms with Gasteiger partial charge < -0.3 is 4.74 Å². The molecule has 0 aliphatic rings. The third kappa shape index (κ3) is 3.20. The van der Waals surface area contributed by atoms with Crippen molar-refractivity contribution < 1.29 is 17.9 Å². The van der Waals surface area contributed by atoms with Crippen LogP contribution in [0, 0.1) is 14.9 Å². The number of ether oxygens (including phenoxy) is 1. The number of pyridine rings is 1. The molecule has 0 N–H and O–H groups in total. The summed E-state index contributed by atoms with van der Waals surface area (Å²) >= 11 is 4.59. The van der Waals surface area contributed by atoms with E-state index in [0.717, 1.165) is 6.20 Å². The highest BCUT2D eigenvalue weighted by Gasteiger charge is 2.33. The number of hydrogen-bond donors (Lipinski definition) is 0. The predicted molar refractivity (Wildman–Crippen MR) is 56.1 cm³/mol. The minimum atomic E-state index is -4.79. The van der Waals surface area contributed by atoms with E-state index in [0.29, 0.717) is 0 Å². The number of rotatable bonds is 1. The summed E-state index contributed by atoms with van der Waals surface area (Å²) < 4.78 is 39.7. The zero-order chi connectivity index (χ0) is 11.6. The van der Waals surface area contributed by atoms with Crippen molar-refractivity contribution in [1.82, 2.24) is 4.98 Å². The molecule has 0 saturated heterocycles. The van der Waals surface area contributed by atoms with Crippen LogP contribution in [-0.2, 0) is 0 Å². The monoisotopic (exact) mass is 392 g/mol. The first-order valence-electron chi connectivity index (χ1n) is 3.35. The average Bonchev–Trinajstić information content (AvgIpc) is 2.11. The predicted octanol–water partition coefficient (Wildman–Crippen LogP) is 3.22. The van der Waals surface area contributed by atoms with Gasteiger partial charge in [0.05, 0.1) is 13.6 Å². The molecule has 1 aromatic heterocycles. The number of hydrogen-bond acceptors (Lipinski definition) is 3. The number of aromatic nitrogens is 1. The van der Waals surface area contributed by atoms with Crippen LogP contribution in [0.1, 0.15) is 5.56 Å². The average molecular weight is 393 g/mol. The van der Waals surface area contributed by atoms with Crippen molar-refractivity contribution in [1.29, 1.82) is 5.26 Å². The number of nitriles is 1. The van der Waals surface area contributed by atoms with Crippen molar-refractivity contribution in [3.63, 3.8) is 0 Å². The molecule has 0 atom stereocenters. The van der Waals surface area contributed by atoms with Crippen LogP contribution in [0.15, 0.2) is 10.7 Å². The van der Waals surface area contributed by atoms with E-state index in [9.17, 15) is 13.2 Å². The summed E-state index contributed by atoms with van der Waals surface area (Å²) in [6, 6.07) is 1.78. The van der Waals surface area contributed by atoms with Crippen molar-refractivity contribution in [2.45, 2.75) is 6.36 Å². The number of nitrogens with zero attached hydrogens (tertiary/aromatic N) is 2. The molecule has 1 rings (SSSR count). The Morgan fingerprint density at radius 1 is 1.53 bits per heavy atom. The van der Waals surface area contributed by atoms with Crippen molar-refractivity contribution in [2.75, 3.05) is 0 Å². The van der Waals surface area contributed by atoms with E-state index >= 15 is 0 Å². The smallest absolute Gasteiger partial charge is 0.387 e. The topological polar surface area (TPSA) is 45.9 Å². The minimum absolute atomic E-state index is 0.101. The molecule has 0 radical (unpaired) electrons. The molecule has 0 aromatic carbocycles. The van der Waals surface area contributed by atoms with Gasteiger partial charge in [-0.3, -0.25) is 0 Å². The van der Waals surface area contributed by atoms with Crippen LogP contribution in [0.5, 0.6) is 5.88 Å². The van der Waals surface area contributed by atoms with E-state index in [4.69, 9.17) is 5.26 Å². The van der Waals surface area contributed by atoms with E-state index in [1.54, 1.807) is 28.7 Å². The van der Waals surface area contributed by atoms with E-state index in [1.165, 1.54) is 0 Å². The maximum absolute atomic E-state index is 11.9. The van der Waals surface area contributed by atoms with Gasteiger partial charge in [0.2, 0.25) is 5.88 Å². The van der Waals surface area contributed by atoms with Crippen molar-refractivity contribution >= 4 is 38.5 Å². The van der Waals surface area contributed by atoms with Crippen molar-refractivity contribution in [3.05, 3.63) is 19.8 Å². The second-order valence-electron chi connectivity index (χ2n) is 2.26. The Balaban J connectivity index is 3.14. The normalized spacial score (nSPS) is 10.9. The standard InChI is InChI=1S/C7HBrF3IN2O/c8-4-3(1-13)2-14-6(5(4)12)15-7(9,10)11/h2H. The molecule has 0 fully saturated rings. The SMILES string of the molecule is N#Cc1cnc(OC(F)(F)F)c(I)c1Br. The Morgan fingerprint density at radius 2 is 2.13 bits per heavy atom. The van der Waals surface area contributed by atoms with Crippen LogP contribution in [0.25, 0.3) is 0 Å². The first kappa shape index (κ1) is 12.5. The highest BCUT2D eigenvalue weighted by Crippen LogP contribution is 2.32. The quantitative estimate of drug-likeness (QED) is 0.689. The van der Waals surface area contributed by atoms with Crippen LogP contribution in [0.2, 0.25) is 0 Å². The fourth-order valence-electron chi connectivity index (χ4n) is 0.707. The summed E-state index contributed by atoms with van der Waals surface area (Å²) in [5, 5.41) is 8.58. The van der Waals surface area contributed by atoms with Crippen LogP contribution in [-0.4, -0.2) is 11.3 Å². The number of halogens is 5. The molecule has 0 amide bonds. The summed E-state index contributed by atoms with van der Waals surface area (Å²) in [7, 11) is 0. The fraction of sp³-hybridized carbons (Fsp3) is 0.143. The first-order chi connectivity index (χ1) is 6.85. The summed E-state index contributed by atoms with van der Waals surface area (Å²) in [6.45, 7) is 0. The lowest BCUT2D eigenvalue weighted by atomic mass is 10.3. The first-order valence-corrected chi connectivity index (χ1v) is 5.22. The molecule has 1 heterocycles. The van der Waals surface area contributed by atoms with Gasteiger partial charge in [-0.15, -0.1) is 13.2 Å². The van der Waals surface area contributed by atoms with Gasteiger partial charge in [0, 0.05) is 6.20 Å².